The molecular weight excluding hydrogens is 264 g/mol. The van der Waals surface area contributed by atoms with E-state index in [0.29, 0.717) is 11.7 Å². The molecule has 1 fully saturated rings. The number of pyridine rings is 1. The number of anilines is 1. The van der Waals surface area contributed by atoms with E-state index in [4.69, 9.17) is 5.73 Å². The summed E-state index contributed by atoms with van der Waals surface area (Å²) in [6, 6.07) is 6.41. The number of nitriles is 1. The van der Waals surface area contributed by atoms with Gasteiger partial charge in [-0.2, -0.15) is 5.26 Å². The van der Waals surface area contributed by atoms with E-state index in [-0.39, 0.29) is 12.0 Å². The summed E-state index contributed by atoms with van der Waals surface area (Å²) >= 11 is 0. The molecule has 0 amide bonds. The topological polar surface area (TPSA) is 86.2 Å². The number of aliphatic hydroxyl groups excluding tert-OH is 1. The first-order valence-corrected chi connectivity index (χ1v) is 7.67. The number of β-amino-alcohol motifs (C(OH)–C–C–N with tert-alkyl or cyclic N) is 1. The highest BCUT2D eigenvalue weighted by molar-refractivity contribution is 5.36. The molecular formula is C16H24N4O. The summed E-state index contributed by atoms with van der Waals surface area (Å²) in [4.78, 5) is 6.60. The van der Waals surface area contributed by atoms with Crippen LogP contribution in [0.25, 0.3) is 0 Å². The molecule has 5 nitrogen and oxygen atoms in total. The van der Waals surface area contributed by atoms with E-state index >= 15 is 0 Å². The van der Waals surface area contributed by atoms with Crippen LogP contribution in [0.4, 0.5) is 5.69 Å². The highest BCUT2D eigenvalue weighted by Crippen LogP contribution is 2.24. The average Bonchev–Trinajstić information content (AvgIpc) is 2.91. The number of nitrogens with zero attached hydrogens (tertiary/aromatic N) is 3. The Morgan fingerprint density at radius 1 is 1.52 bits per heavy atom. The van der Waals surface area contributed by atoms with Gasteiger partial charge >= 0.3 is 0 Å². The molecule has 0 bridgehead atoms. The summed E-state index contributed by atoms with van der Waals surface area (Å²) in [7, 11) is 0. The zero-order valence-corrected chi connectivity index (χ0v) is 12.6. The Kier molecular flexibility index (Phi) is 5.54. The van der Waals surface area contributed by atoms with Crippen molar-refractivity contribution < 1.29 is 5.11 Å². The number of hydrogen-bond donors (Lipinski definition) is 2. The molecule has 114 valence electrons. The van der Waals surface area contributed by atoms with Crippen molar-refractivity contribution in [2.24, 2.45) is 0 Å². The first-order chi connectivity index (χ1) is 10.1. The fraction of sp³-hybridized carbons (Fsp3) is 0.625. The van der Waals surface area contributed by atoms with Gasteiger partial charge in [-0.3, -0.25) is 9.88 Å². The second-order valence-electron chi connectivity index (χ2n) is 5.77. The summed E-state index contributed by atoms with van der Waals surface area (Å²) < 4.78 is 0. The van der Waals surface area contributed by atoms with Gasteiger partial charge in [0.1, 0.15) is 0 Å². The van der Waals surface area contributed by atoms with Crippen LogP contribution in [0.5, 0.6) is 0 Å². The van der Waals surface area contributed by atoms with Gasteiger partial charge in [-0.15, -0.1) is 0 Å². The van der Waals surface area contributed by atoms with Gasteiger partial charge in [-0.25, -0.2) is 0 Å². The minimum Gasteiger partial charge on any atom is -0.397 e. The molecule has 1 aromatic rings. The highest BCUT2D eigenvalue weighted by Gasteiger charge is 2.26. The second-order valence-corrected chi connectivity index (χ2v) is 5.77. The quantitative estimate of drug-likeness (QED) is 0.835. The summed E-state index contributed by atoms with van der Waals surface area (Å²) in [6.45, 7) is 3.88. The number of aliphatic hydroxyl groups is 1. The molecule has 0 radical (unpaired) electrons. The molecule has 0 spiro atoms. The largest absolute Gasteiger partial charge is 0.397 e. The van der Waals surface area contributed by atoms with Crippen molar-refractivity contribution in [3.63, 3.8) is 0 Å². The maximum atomic E-state index is 9.66. The lowest BCUT2D eigenvalue weighted by atomic mass is 9.96. The van der Waals surface area contributed by atoms with Crippen molar-refractivity contribution in [2.75, 3.05) is 18.8 Å². The Morgan fingerprint density at radius 3 is 2.86 bits per heavy atom. The molecule has 3 N–H and O–H groups in total. The van der Waals surface area contributed by atoms with Crippen molar-refractivity contribution >= 4 is 5.69 Å². The minimum atomic E-state index is -0.190. The first kappa shape index (κ1) is 15.7. The number of nitrogens with two attached hydrogens (primary N) is 1. The molecule has 2 unspecified atom stereocenters. The van der Waals surface area contributed by atoms with E-state index in [9.17, 15) is 10.4 Å². The van der Waals surface area contributed by atoms with Crippen molar-refractivity contribution in [2.45, 2.75) is 50.7 Å². The molecule has 1 aromatic heterocycles. The van der Waals surface area contributed by atoms with Gasteiger partial charge in [0.25, 0.3) is 0 Å². The van der Waals surface area contributed by atoms with Crippen LogP contribution in [0.3, 0.4) is 0 Å². The Hall–Kier alpha value is -1.64. The van der Waals surface area contributed by atoms with Gasteiger partial charge in [0, 0.05) is 19.1 Å². The molecule has 0 aromatic carbocycles. The van der Waals surface area contributed by atoms with Gasteiger partial charge in [-0.1, -0.05) is 6.92 Å². The summed E-state index contributed by atoms with van der Waals surface area (Å²) in [6.07, 6.45) is 5.06. The third-order valence-corrected chi connectivity index (χ3v) is 4.29. The molecule has 2 rings (SSSR count). The lowest BCUT2D eigenvalue weighted by Crippen LogP contribution is -2.33. The van der Waals surface area contributed by atoms with Gasteiger partial charge in [0.05, 0.1) is 35.7 Å². The Balaban J connectivity index is 1.92. The number of nitrogen functional groups attached to an aromatic ring is 1. The van der Waals surface area contributed by atoms with Gasteiger partial charge in [-0.05, 0) is 37.8 Å². The Labute approximate surface area is 126 Å². The lowest BCUT2D eigenvalue weighted by Gasteiger charge is -2.27. The van der Waals surface area contributed by atoms with Crippen LogP contribution < -0.4 is 5.73 Å². The van der Waals surface area contributed by atoms with Crippen LogP contribution in [-0.4, -0.2) is 40.2 Å². The fourth-order valence-corrected chi connectivity index (χ4v) is 3.01. The second kappa shape index (κ2) is 7.39. The van der Waals surface area contributed by atoms with Crippen LogP contribution in [0.1, 0.15) is 44.2 Å². The van der Waals surface area contributed by atoms with E-state index in [0.717, 1.165) is 44.5 Å². The summed E-state index contributed by atoms with van der Waals surface area (Å²) in [5.41, 5.74) is 7.04. The highest BCUT2D eigenvalue weighted by atomic mass is 16.3. The molecule has 1 aliphatic heterocycles. The van der Waals surface area contributed by atoms with Crippen molar-refractivity contribution in [1.29, 1.82) is 5.26 Å². The van der Waals surface area contributed by atoms with E-state index < -0.39 is 0 Å². The lowest BCUT2D eigenvalue weighted by molar-refractivity contribution is 0.152. The fourth-order valence-electron chi connectivity index (χ4n) is 3.01. The van der Waals surface area contributed by atoms with Crippen molar-refractivity contribution in [1.82, 2.24) is 9.88 Å². The summed E-state index contributed by atoms with van der Waals surface area (Å²) in [5.74, 6) is -0.188. The molecule has 3 atom stereocenters. The third kappa shape index (κ3) is 4.16. The maximum absolute atomic E-state index is 9.66. The van der Waals surface area contributed by atoms with Crippen LogP contribution in [-0.2, 0) is 0 Å². The number of rotatable bonds is 6. The molecule has 2 heterocycles. The standard InChI is InChI=1S/C16H24N4O/c1-2-14(20-8-7-15(21)11-20)5-3-12(9-17)16-6-4-13(18)10-19-16/h4,6,10,12,14-15,21H,2-3,5,7-8,11,18H2,1H3/t12?,14-,15?/m1/s1. The van der Waals surface area contributed by atoms with E-state index in [1.807, 2.05) is 6.07 Å². The molecule has 5 heteroatoms. The Bertz CT molecular complexity index is 482. The average molecular weight is 288 g/mol. The van der Waals surface area contributed by atoms with E-state index in [1.54, 1.807) is 12.3 Å². The predicted octanol–water partition coefficient (Wildman–Crippen LogP) is 1.90. The number of hydrogen-bond acceptors (Lipinski definition) is 5. The minimum absolute atomic E-state index is 0.188. The number of aromatic nitrogens is 1. The number of likely N-dealkylation sites (tertiary alicyclic amines) is 1. The smallest absolute Gasteiger partial charge is 0.0885 e. The van der Waals surface area contributed by atoms with Crippen molar-refractivity contribution in [3.8, 4) is 6.07 Å². The Morgan fingerprint density at radius 2 is 2.33 bits per heavy atom. The molecule has 1 aliphatic rings. The van der Waals surface area contributed by atoms with Crippen LogP contribution in [0, 0.1) is 11.3 Å². The van der Waals surface area contributed by atoms with Crippen LogP contribution in [0.15, 0.2) is 18.3 Å². The molecule has 1 saturated heterocycles. The van der Waals surface area contributed by atoms with E-state index in [2.05, 4.69) is 22.9 Å². The van der Waals surface area contributed by atoms with Crippen LogP contribution in [0.2, 0.25) is 0 Å². The van der Waals surface area contributed by atoms with Crippen LogP contribution >= 0.6 is 0 Å². The monoisotopic (exact) mass is 288 g/mol. The maximum Gasteiger partial charge on any atom is 0.0885 e. The first-order valence-electron chi connectivity index (χ1n) is 7.67. The summed E-state index contributed by atoms with van der Waals surface area (Å²) in [5, 5.41) is 19.0. The third-order valence-electron chi connectivity index (χ3n) is 4.29. The van der Waals surface area contributed by atoms with Gasteiger partial charge in [0.2, 0.25) is 0 Å². The SMILES string of the molecule is CC[C@H](CCC(C#N)c1ccc(N)cn1)N1CCC(O)C1. The molecule has 21 heavy (non-hydrogen) atoms. The normalized spacial score (nSPS) is 21.9. The van der Waals surface area contributed by atoms with Gasteiger partial charge in [0.15, 0.2) is 0 Å². The van der Waals surface area contributed by atoms with Gasteiger partial charge < -0.3 is 10.8 Å². The predicted molar refractivity (Wildman–Crippen MR) is 82.5 cm³/mol. The van der Waals surface area contributed by atoms with Crippen molar-refractivity contribution in [3.05, 3.63) is 24.0 Å². The zero-order valence-electron chi connectivity index (χ0n) is 12.6. The molecule has 0 aliphatic carbocycles. The van der Waals surface area contributed by atoms with E-state index in [1.165, 1.54) is 0 Å². The molecule has 0 saturated carbocycles. The zero-order chi connectivity index (χ0) is 15.2.